The highest BCUT2D eigenvalue weighted by molar-refractivity contribution is 5.33. The molecule has 0 unspecified atom stereocenters. The van der Waals surface area contributed by atoms with Crippen molar-refractivity contribution in [1.29, 1.82) is 0 Å². The second kappa shape index (κ2) is 6.34. The van der Waals surface area contributed by atoms with E-state index in [9.17, 15) is 13.2 Å². The maximum absolute atomic E-state index is 11.9. The van der Waals surface area contributed by atoms with Crippen LogP contribution < -0.4 is 9.47 Å². The highest BCUT2D eigenvalue weighted by Gasteiger charge is 2.31. The number of ether oxygens (including phenoxy) is 3. The fraction of sp³-hybridized carbons (Fsp3) is 0.455. The van der Waals surface area contributed by atoms with Crippen LogP contribution in [-0.4, -0.2) is 26.7 Å². The molecule has 0 bridgehead atoms. The van der Waals surface area contributed by atoms with E-state index in [4.69, 9.17) is 9.47 Å². The molecule has 3 nitrogen and oxygen atoms in total. The Labute approximate surface area is 97.1 Å². The number of rotatable bonds is 6. The highest BCUT2D eigenvalue weighted by atomic mass is 19.4. The maximum Gasteiger partial charge on any atom is 0.573 e. The summed E-state index contributed by atoms with van der Waals surface area (Å²) in [4.78, 5) is 0. The van der Waals surface area contributed by atoms with Gasteiger partial charge in [0.15, 0.2) is 0 Å². The summed E-state index contributed by atoms with van der Waals surface area (Å²) in [5.74, 6) is 0.0459. The van der Waals surface area contributed by atoms with Crippen LogP contribution in [0.4, 0.5) is 13.2 Å². The van der Waals surface area contributed by atoms with Gasteiger partial charge in [0.2, 0.25) is 0 Å². The number of methoxy groups -OCH3 is 1. The lowest BCUT2D eigenvalue weighted by Gasteiger charge is -2.10. The van der Waals surface area contributed by atoms with E-state index in [1.54, 1.807) is 13.2 Å². The summed E-state index contributed by atoms with van der Waals surface area (Å²) in [6.07, 6.45) is -4.02. The van der Waals surface area contributed by atoms with E-state index < -0.39 is 6.36 Å². The average Bonchev–Trinajstić information content (AvgIpc) is 2.23. The summed E-state index contributed by atoms with van der Waals surface area (Å²) in [6, 6.07) is 5.42. The van der Waals surface area contributed by atoms with Crippen molar-refractivity contribution in [3.05, 3.63) is 24.3 Å². The zero-order valence-electron chi connectivity index (χ0n) is 9.29. The number of benzene rings is 1. The fourth-order valence-corrected chi connectivity index (χ4v) is 1.15. The van der Waals surface area contributed by atoms with Gasteiger partial charge in [0.25, 0.3) is 0 Å². The Kier molecular flexibility index (Phi) is 5.09. The van der Waals surface area contributed by atoms with Crippen LogP contribution >= 0.6 is 0 Å². The molecule has 0 aromatic heterocycles. The molecule has 1 rings (SSSR count). The van der Waals surface area contributed by atoms with Crippen molar-refractivity contribution < 1.29 is 27.4 Å². The smallest absolute Gasteiger partial charge is 0.493 e. The SMILES string of the molecule is COCCCOc1cccc(OC(F)(F)F)c1. The van der Waals surface area contributed by atoms with Crippen LogP contribution in [0.5, 0.6) is 11.5 Å². The minimum absolute atomic E-state index is 0.290. The van der Waals surface area contributed by atoms with Crippen molar-refractivity contribution in [2.75, 3.05) is 20.3 Å². The van der Waals surface area contributed by atoms with Crippen molar-refractivity contribution in [1.82, 2.24) is 0 Å². The first kappa shape index (κ1) is 13.6. The Morgan fingerprint density at radius 2 is 1.82 bits per heavy atom. The van der Waals surface area contributed by atoms with Crippen molar-refractivity contribution in [3.63, 3.8) is 0 Å². The Morgan fingerprint density at radius 1 is 1.12 bits per heavy atom. The molecule has 0 heterocycles. The Morgan fingerprint density at radius 3 is 2.47 bits per heavy atom. The van der Waals surface area contributed by atoms with Gasteiger partial charge in [-0.25, -0.2) is 0 Å². The van der Waals surface area contributed by atoms with Crippen molar-refractivity contribution in [3.8, 4) is 11.5 Å². The lowest BCUT2D eigenvalue weighted by molar-refractivity contribution is -0.274. The predicted molar refractivity (Wildman–Crippen MR) is 55.1 cm³/mol. The van der Waals surface area contributed by atoms with Crippen LogP contribution in [0.1, 0.15) is 6.42 Å². The summed E-state index contributed by atoms with van der Waals surface area (Å²) in [5.41, 5.74) is 0. The number of hydrogen-bond acceptors (Lipinski definition) is 3. The molecule has 96 valence electrons. The van der Waals surface area contributed by atoms with Crippen molar-refractivity contribution >= 4 is 0 Å². The van der Waals surface area contributed by atoms with E-state index in [1.807, 2.05) is 0 Å². The minimum atomic E-state index is -4.69. The molecule has 0 aliphatic rings. The molecule has 1 aromatic rings. The van der Waals surface area contributed by atoms with Crippen LogP contribution in [0.15, 0.2) is 24.3 Å². The monoisotopic (exact) mass is 250 g/mol. The summed E-state index contributed by atoms with van der Waals surface area (Å²) in [6.45, 7) is 0.919. The molecule has 17 heavy (non-hydrogen) atoms. The largest absolute Gasteiger partial charge is 0.573 e. The van der Waals surface area contributed by atoms with Gasteiger partial charge in [0.1, 0.15) is 11.5 Å². The molecule has 0 spiro atoms. The van der Waals surface area contributed by atoms with Gasteiger partial charge in [-0.3, -0.25) is 0 Å². The quantitative estimate of drug-likeness (QED) is 0.726. The third-order valence-electron chi connectivity index (χ3n) is 1.80. The van der Waals surface area contributed by atoms with Crippen molar-refractivity contribution in [2.45, 2.75) is 12.8 Å². The molecule has 0 fully saturated rings. The molecule has 0 atom stereocenters. The summed E-state index contributed by atoms with van der Waals surface area (Å²) in [7, 11) is 1.57. The number of halogens is 3. The molecule has 0 saturated carbocycles. The summed E-state index contributed by atoms with van der Waals surface area (Å²) >= 11 is 0. The van der Waals surface area contributed by atoms with Gasteiger partial charge in [0, 0.05) is 26.2 Å². The first-order valence-electron chi connectivity index (χ1n) is 4.99. The van der Waals surface area contributed by atoms with Crippen LogP contribution in [0, 0.1) is 0 Å². The van der Waals surface area contributed by atoms with Crippen molar-refractivity contribution in [2.24, 2.45) is 0 Å². The molecular formula is C11H13F3O3. The average molecular weight is 250 g/mol. The van der Waals surface area contributed by atoms with E-state index in [0.717, 1.165) is 0 Å². The Balaban J connectivity index is 2.48. The summed E-state index contributed by atoms with van der Waals surface area (Å²) < 4.78 is 49.7. The topological polar surface area (TPSA) is 27.7 Å². The second-order valence-corrected chi connectivity index (χ2v) is 3.22. The predicted octanol–water partition coefficient (Wildman–Crippen LogP) is 3.00. The molecular weight excluding hydrogens is 237 g/mol. The van der Waals surface area contributed by atoms with E-state index in [1.165, 1.54) is 18.2 Å². The van der Waals surface area contributed by atoms with Crippen LogP contribution in [0.25, 0.3) is 0 Å². The first-order chi connectivity index (χ1) is 8.01. The van der Waals surface area contributed by atoms with Crippen LogP contribution in [0.3, 0.4) is 0 Å². The molecule has 0 N–H and O–H groups in total. The standard InChI is InChI=1S/C11H13F3O3/c1-15-6-3-7-16-9-4-2-5-10(8-9)17-11(12,13)14/h2,4-5,8H,3,6-7H2,1H3. The zero-order chi connectivity index (χ0) is 12.7. The number of hydrogen-bond donors (Lipinski definition) is 0. The number of alkyl halides is 3. The molecule has 0 aliphatic carbocycles. The van der Waals surface area contributed by atoms with Gasteiger partial charge in [-0.1, -0.05) is 6.07 Å². The molecule has 1 aromatic carbocycles. The normalized spacial score (nSPS) is 11.3. The van der Waals surface area contributed by atoms with E-state index >= 15 is 0 Å². The summed E-state index contributed by atoms with van der Waals surface area (Å²) in [5, 5.41) is 0. The van der Waals surface area contributed by atoms with Gasteiger partial charge in [-0.15, -0.1) is 13.2 Å². The van der Waals surface area contributed by atoms with E-state index in [-0.39, 0.29) is 5.75 Å². The highest BCUT2D eigenvalue weighted by Crippen LogP contribution is 2.25. The first-order valence-corrected chi connectivity index (χ1v) is 4.99. The molecule has 6 heteroatoms. The lowest BCUT2D eigenvalue weighted by atomic mass is 10.3. The molecule has 0 radical (unpaired) electrons. The van der Waals surface area contributed by atoms with Gasteiger partial charge in [-0.2, -0.15) is 0 Å². The minimum Gasteiger partial charge on any atom is -0.493 e. The third-order valence-corrected chi connectivity index (χ3v) is 1.80. The van der Waals surface area contributed by atoms with Gasteiger partial charge < -0.3 is 14.2 Å². The lowest BCUT2D eigenvalue weighted by Crippen LogP contribution is -2.17. The van der Waals surface area contributed by atoms with Gasteiger partial charge in [-0.05, 0) is 12.1 Å². The zero-order valence-corrected chi connectivity index (χ0v) is 9.29. The van der Waals surface area contributed by atoms with Gasteiger partial charge >= 0.3 is 6.36 Å². The maximum atomic E-state index is 11.9. The Bertz CT molecular complexity index is 339. The van der Waals surface area contributed by atoms with E-state index in [0.29, 0.717) is 25.4 Å². The van der Waals surface area contributed by atoms with Gasteiger partial charge in [0.05, 0.1) is 6.61 Å². The third kappa shape index (κ3) is 6.01. The fourth-order valence-electron chi connectivity index (χ4n) is 1.15. The Hall–Kier alpha value is -1.43. The van der Waals surface area contributed by atoms with E-state index in [2.05, 4.69) is 4.74 Å². The second-order valence-electron chi connectivity index (χ2n) is 3.22. The molecule has 0 amide bonds. The molecule has 0 saturated heterocycles. The van der Waals surface area contributed by atoms with Crippen LogP contribution in [0.2, 0.25) is 0 Å². The molecule has 0 aliphatic heterocycles. The van der Waals surface area contributed by atoms with Crippen LogP contribution in [-0.2, 0) is 4.74 Å².